The number of nitrogens with one attached hydrogen (secondary N) is 2. The van der Waals surface area contributed by atoms with Gasteiger partial charge in [0.2, 0.25) is 0 Å². The average Bonchev–Trinajstić information content (AvgIpc) is 2.70. The van der Waals surface area contributed by atoms with Gasteiger partial charge in [0, 0.05) is 45.8 Å². The van der Waals surface area contributed by atoms with Crippen molar-refractivity contribution in [2.45, 2.75) is 12.8 Å². The third-order valence-electron chi connectivity index (χ3n) is 4.52. The van der Waals surface area contributed by atoms with Gasteiger partial charge in [-0.3, -0.25) is 0 Å². The maximum absolute atomic E-state index is 5.56. The van der Waals surface area contributed by atoms with E-state index >= 15 is 0 Å². The summed E-state index contributed by atoms with van der Waals surface area (Å²) in [6.07, 6.45) is 2.19. The van der Waals surface area contributed by atoms with Crippen molar-refractivity contribution < 1.29 is 0 Å². The molecule has 0 amide bonds. The topological polar surface area (TPSA) is 53.3 Å². The van der Waals surface area contributed by atoms with Gasteiger partial charge in [0.1, 0.15) is 0 Å². The summed E-state index contributed by atoms with van der Waals surface area (Å²) in [6.45, 7) is 7.87. The second-order valence-corrected chi connectivity index (χ2v) is 6.60. The van der Waals surface area contributed by atoms with Gasteiger partial charge in [-0.25, -0.2) is 0 Å². The van der Waals surface area contributed by atoms with E-state index in [0.29, 0.717) is 6.54 Å². The van der Waals surface area contributed by atoms with Crippen LogP contribution in [0.4, 0.5) is 0 Å². The second kappa shape index (κ2) is 13.5. The lowest BCUT2D eigenvalue weighted by molar-refractivity contribution is 0.276. The van der Waals surface area contributed by atoms with Crippen molar-refractivity contribution in [3.63, 3.8) is 0 Å². The molecule has 0 aliphatic rings. The molecule has 0 aromatic heterocycles. The molecule has 4 nitrogen and oxygen atoms in total. The average molecular weight is 355 g/mol. The van der Waals surface area contributed by atoms with Crippen LogP contribution in [-0.4, -0.2) is 57.3 Å². The minimum absolute atomic E-state index is 0.699. The summed E-state index contributed by atoms with van der Waals surface area (Å²) in [5.41, 5.74) is 8.36. The lowest BCUT2D eigenvalue weighted by Gasteiger charge is -2.23. The molecular formula is C22H34N4. The van der Waals surface area contributed by atoms with Crippen molar-refractivity contribution in [2.75, 3.05) is 52.4 Å². The zero-order valence-electron chi connectivity index (χ0n) is 15.9. The first-order chi connectivity index (χ1) is 12.9. The number of nitrogens with zero attached hydrogens (tertiary/aromatic N) is 1. The Labute approximate surface area is 158 Å². The number of benzene rings is 2. The van der Waals surface area contributed by atoms with Gasteiger partial charge in [-0.15, -0.1) is 0 Å². The summed E-state index contributed by atoms with van der Waals surface area (Å²) in [5, 5.41) is 6.98. The molecule has 0 aliphatic heterocycles. The standard InChI is InChI=1S/C22H34N4/c23-13-15-25-17-20-26(18-12-22-9-5-2-6-10-22)19-16-24-14-11-21-7-3-1-4-8-21/h1-10,24-25H,11-20,23H2. The van der Waals surface area contributed by atoms with Crippen LogP contribution in [0.1, 0.15) is 11.1 Å². The highest BCUT2D eigenvalue weighted by molar-refractivity contribution is 5.15. The summed E-state index contributed by atoms with van der Waals surface area (Å²) < 4.78 is 0. The molecule has 2 aromatic carbocycles. The molecule has 4 N–H and O–H groups in total. The fourth-order valence-electron chi connectivity index (χ4n) is 2.97. The maximum Gasteiger partial charge on any atom is 0.0108 e. The third-order valence-corrected chi connectivity index (χ3v) is 4.52. The molecule has 2 aromatic rings. The maximum atomic E-state index is 5.56. The van der Waals surface area contributed by atoms with E-state index in [1.165, 1.54) is 11.1 Å². The van der Waals surface area contributed by atoms with E-state index in [0.717, 1.165) is 58.7 Å². The minimum atomic E-state index is 0.699. The molecule has 0 saturated carbocycles. The number of hydrogen-bond acceptors (Lipinski definition) is 4. The van der Waals surface area contributed by atoms with Crippen LogP contribution in [0.25, 0.3) is 0 Å². The fraction of sp³-hybridized carbons (Fsp3) is 0.455. The van der Waals surface area contributed by atoms with Crippen LogP contribution in [0.3, 0.4) is 0 Å². The molecule has 0 saturated heterocycles. The van der Waals surface area contributed by atoms with Gasteiger partial charge < -0.3 is 21.3 Å². The second-order valence-electron chi connectivity index (χ2n) is 6.60. The predicted molar refractivity (Wildman–Crippen MR) is 112 cm³/mol. The van der Waals surface area contributed by atoms with E-state index in [1.54, 1.807) is 0 Å². The van der Waals surface area contributed by atoms with Crippen molar-refractivity contribution in [1.29, 1.82) is 0 Å². The Kier molecular flexibility index (Phi) is 10.7. The van der Waals surface area contributed by atoms with Crippen molar-refractivity contribution in [2.24, 2.45) is 5.73 Å². The molecule has 0 atom stereocenters. The first-order valence-electron chi connectivity index (χ1n) is 9.80. The van der Waals surface area contributed by atoms with Crippen molar-refractivity contribution in [3.05, 3.63) is 71.8 Å². The first kappa shape index (κ1) is 20.6. The molecule has 4 heteroatoms. The lowest BCUT2D eigenvalue weighted by atomic mass is 10.1. The minimum Gasteiger partial charge on any atom is -0.329 e. The van der Waals surface area contributed by atoms with Crippen LogP contribution >= 0.6 is 0 Å². The normalized spacial score (nSPS) is 11.2. The summed E-state index contributed by atoms with van der Waals surface area (Å²) in [5.74, 6) is 0. The van der Waals surface area contributed by atoms with E-state index in [9.17, 15) is 0 Å². The van der Waals surface area contributed by atoms with E-state index in [1.807, 2.05) is 0 Å². The number of rotatable bonds is 14. The van der Waals surface area contributed by atoms with E-state index in [4.69, 9.17) is 5.73 Å². The van der Waals surface area contributed by atoms with Crippen LogP contribution in [0.5, 0.6) is 0 Å². The summed E-state index contributed by atoms with van der Waals surface area (Å²) in [4.78, 5) is 2.53. The van der Waals surface area contributed by atoms with E-state index in [2.05, 4.69) is 76.2 Å². The molecule has 0 heterocycles. The van der Waals surface area contributed by atoms with Crippen molar-refractivity contribution in [3.8, 4) is 0 Å². The zero-order chi connectivity index (χ0) is 18.3. The Balaban J connectivity index is 1.66. The summed E-state index contributed by atoms with van der Waals surface area (Å²) in [6, 6.07) is 21.4. The quantitative estimate of drug-likeness (QED) is 0.454. The van der Waals surface area contributed by atoms with Gasteiger partial charge in [-0.2, -0.15) is 0 Å². The first-order valence-corrected chi connectivity index (χ1v) is 9.80. The highest BCUT2D eigenvalue weighted by Crippen LogP contribution is 2.01. The van der Waals surface area contributed by atoms with E-state index in [-0.39, 0.29) is 0 Å². The fourth-order valence-corrected chi connectivity index (χ4v) is 2.97. The largest absolute Gasteiger partial charge is 0.329 e. The monoisotopic (exact) mass is 354 g/mol. The summed E-state index contributed by atoms with van der Waals surface area (Å²) >= 11 is 0. The van der Waals surface area contributed by atoms with Crippen molar-refractivity contribution >= 4 is 0 Å². The van der Waals surface area contributed by atoms with Crippen molar-refractivity contribution in [1.82, 2.24) is 15.5 Å². The van der Waals surface area contributed by atoms with Crippen LogP contribution in [0.15, 0.2) is 60.7 Å². The van der Waals surface area contributed by atoms with Gasteiger partial charge in [-0.05, 0) is 30.5 Å². The predicted octanol–water partition coefficient (Wildman–Crippen LogP) is 1.91. The Morgan fingerprint density at radius 2 is 1.15 bits per heavy atom. The van der Waals surface area contributed by atoms with Gasteiger partial charge in [-0.1, -0.05) is 60.7 Å². The Bertz CT molecular complexity index is 559. The highest BCUT2D eigenvalue weighted by atomic mass is 15.1. The van der Waals surface area contributed by atoms with Gasteiger partial charge in [0.25, 0.3) is 0 Å². The van der Waals surface area contributed by atoms with Crippen LogP contribution in [0, 0.1) is 0 Å². The number of nitrogens with two attached hydrogens (primary N) is 1. The van der Waals surface area contributed by atoms with Gasteiger partial charge >= 0.3 is 0 Å². The van der Waals surface area contributed by atoms with Gasteiger partial charge in [0.05, 0.1) is 0 Å². The zero-order valence-corrected chi connectivity index (χ0v) is 15.9. The Hall–Kier alpha value is -1.72. The molecule has 0 aliphatic carbocycles. The van der Waals surface area contributed by atoms with Crippen LogP contribution in [-0.2, 0) is 12.8 Å². The molecule has 142 valence electrons. The summed E-state index contributed by atoms with van der Waals surface area (Å²) in [7, 11) is 0. The molecule has 0 spiro atoms. The molecule has 0 bridgehead atoms. The molecule has 0 radical (unpaired) electrons. The smallest absolute Gasteiger partial charge is 0.0108 e. The third kappa shape index (κ3) is 9.11. The molecule has 0 unspecified atom stereocenters. The lowest BCUT2D eigenvalue weighted by Crippen LogP contribution is -2.39. The molecule has 26 heavy (non-hydrogen) atoms. The molecule has 2 rings (SSSR count). The van der Waals surface area contributed by atoms with Crippen LogP contribution in [0.2, 0.25) is 0 Å². The van der Waals surface area contributed by atoms with E-state index < -0.39 is 0 Å². The van der Waals surface area contributed by atoms with Gasteiger partial charge in [0.15, 0.2) is 0 Å². The van der Waals surface area contributed by atoms with Crippen LogP contribution < -0.4 is 16.4 Å². The highest BCUT2D eigenvalue weighted by Gasteiger charge is 2.05. The Morgan fingerprint density at radius 1 is 0.615 bits per heavy atom. The molecule has 0 fully saturated rings. The number of hydrogen-bond donors (Lipinski definition) is 3. The molecular weight excluding hydrogens is 320 g/mol. The SMILES string of the molecule is NCCNCCN(CCNCCc1ccccc1)CCc1ccccc1. The Morgan fingerprint density at radius 3 is 1.73 bits per heavy atom.